The Morgan fingerprint density at radius 3 is 2.69 bits per heavy atom. The Morgan fingerprint density at radius 2 is 2.00 bits per heavy atom. The van der Waals surface area contributed by atoms with E-state index in [4.69, 9.17) is 4.74 Å². The second-order valence-corrected chi connectivity index (χ2v) is 13.5. The Hall–Kier alpha value is -1.22. The number of nitrogens with zero attached hydrogens (tertiary/aromatic N) is 2. The van der Waals surface area contributed by atoms with Gasteiger partial charge in [-0.25, -0.2) is 4.98 Å². The van der Waals surface area contributed by atoms with Crippen LogP contribution < -0.4 is 0 Å². The highest BCUT2D eigenvalue weighted by atomic mass is 32.2. The van der Waals surface area contributed by atoms with Crippen LogP contribution in [0.4, 0.5) is 0 Å². The van der Waals surface area contributed by atoms with E-state index in [-0.39, 0.29) is 30.7 Å². The van der Waals surface area contributed by atoms with Gasteiger partial charge in [0.05, 0.1) is 11.8 Å². The molecule has 4 rings (SSSR count). The average Bonchev–Trinajstić information content (AvgIpc) is 3.72. The number of hydrogen-bond donors (Lipinski definition) is 1. The number of Topliss-reactive ketones (excluding diaryl/α,β-unsaturated/α-hetero) is 1. The number of esters is 1. The number of hydrogen-bond acceptors (Lipinski definition) is 8. The summed E-state index contributed by atoms with van der Waals surface area (Å²) in [6.45, 7) is 6.94. The second kappa shape index (κ2) is 12.1. The molecule has 0 amide bonds. The maximum absolute atomic E-state index is 13.0. The number of carbonyl (C=O) groups excluding carboxylic acids is 2. The Labute approximate surface area is 224 Å². The zero-order valence-corrected chi connectivity index (χ0v) is 23.8. The van der Waals surface area contributed by atoms with Crippen molar-refractivity contribution in [1.82, 2.24) is 9.88 Å². The van der Waals surface area contributed by atoms with Crippen LogP contribution in [0.1, 0.15) is 90.7 Å². The second-order valence-electron chi connectivity index (χ2n) is 11.6. The Morgan fingerprint density at radius 1 is 1.25 bits per heavy atom. The molecule has 0 aromatic carbocycles. The first-order chi connectivity index (χ1) is 17.2. The number of cyclic esters (lactones) is 1. The van der Waals surface area contributed by atoms with Gasteiger partial charge in [0.25, 0.3) is 0 Å². The van der Waals surface area contributed by atoms with Crippen LogP contribution in [-0.2, 0) is 14.3 Å². The van der Waals surface area contributed by atoms with Crippen molar-refractivity contribution in [3.8, 4) is 0 Å². The van der Waals surface area contributed by atoms with Crippen LogP contribution >= 0.6 is 23.1 Å². The largest absolute Gasteiger partial charge is 0.458 e. The highest BCUT2D eigenvalue weighted by molar-refractivity contribution is 8.00. The van der Waals surface area contributed by atoms with E-state index in [0.717, 1.165) is 53.8 Å². The summed E-state index contributed by atoms with van der Waals surface area (Å²) in [5, 5.41) is 12.5. The van der Waals surface area contributed by atoms with Crippen LogP contribution in [-0.4, -0.2) is 63.8 Å². The van der Waals surface area contributed by atoms with Gasteiger partial charge >= 0.3 is 5.97 Å². The molecule has 1 aliphatic carbocycles. The fourth-order valence-electron chi connectivity index (χ4n) is 5.31. The molecule has 0 bridgehead atoms. The van der Waals surface area contributed by atoms with Crippen molar-refractivity contribution in [2.75, 3.05) is 12.8 Å². The molecular formula is C28H42N2O4S2. The molecule has 0 spiro atoms. The molecule has 2 aliphatic heterocycles. The Kier molecular flexibility index (Phi) is 9.34. The van der Waals surface area contributed by atoms with Gasteiger partial charge in [0.2, 0.25) is 0 Å². The van der Waals surface area contributed by atoms with E-state index in [0.29, 0.717) is 24.9 Å². The zero-order chi connectivity index (χ0) is 25.9. The average molecular weight is 535 g/mol. The first-order valence-electron chi connectivity index (χ1n) is 13.5. The summed E-state index contributed by atoms with van der Waals surface area (Å²) >= 11 is 3.27. The minimum atomic E-state index is -0.658. The van der Waals surface area contributed by atoms with Crippen molar-refractivity contribution >= 4 is 40.9 Å². The predicted octanol–water partition coefficient (Wildman–Crippen LogP) is 5.73. The van der Waals surface area contributed by atoms with Crippen LogP contribution in [0.15, 0.2) is 15.3 Å². The van der Waals surface area contributed by atoms with E-state index < -0.39 is 11.5 Å². The summed E-state index contributed by atoms with van der Waals surface area (Å²) in [4.78, 5) is 33.1. The van der Waals surface area contributed by atoms with Gasteiger partial charge in [-0.3, -0.25) is 14.5 Å². The lowest BCUT2D eigenvalue weighted by atomic mass is 9.80. The number of carbonyl (C=O) groups is 2. The summed E-state index contributed by atoms with van der Waals surface area (Å²) in [5.74, 6) is 0.586. The number of ether oxygens (including phenoxy) is 1. The van der Waals surface area contributed by atoms with Crippen molar-refractivity contribution in [1.29, 1.82) is 0 Å². The first-order valence-corrected chi connectivity index (χ1v) is 15.6. The van der Waals surface area contributed by atoms with E-state index in [2.05, 4.69) is 21.3 Å². The van der Waals surface area contributed by atoms with Gasteiger partial charge in [0.15, 0.2) is 0 Å². The third-order valence-electron chi connectivity index (χ3n) is 8.08. The number of fused-ring (bicyclic) bond motifs is 1. The van der Waals surface area contributed by atoms with E-state index >= 15 is 0 Å². The van der Waals surface area contributed by atoms with Crippen LogP contribution in [0.3, 0.4) is 0 Å². The maximum atomic E-state index is 13.0. The molecule has 36 heavy (non-hydrogen) atoms. The van der Waals surface area contributed by atoms with Gasteiger partial charge in [-0.2, -0.15) is 0 Å². The lowest BCUT2D eigenvalue weighted by Gasteiger charge is -2.25. The minimum absolute atomic E-state index is 0.0218. The number of thioether (sulfide) groups is 1. The smallest absolute Gasteiger partial charge is 0.306 e. The van der Waals surface area contributed by atoms with Gasteiger partial charge in [-0.1, -0.05) is 38.5 Å². The fraction of sp³-hybridized carbons (Fsp3) is 0.750. The van der Waals surface area contributed by atoms with Crippen molar-refractivity contribution in [2.24, 2.45) is 11.3 Å². The summed E-state index contributed by atoms with van der Waals surface area (Å²) in [7, 11) is 0. The number of thiazole rings is 1. The monoisotopic (exact) mass is 534 g/mol. The Bertz CT molecular complexity index is 955. The number of aliphatic hydroxyl groups is 1. The van der Waals surface area contributed by atoms with E-state index in [1.807, 2.05) is 27.0 Å². The fourth-order valence-corrected chi connectivity index (χ4v) is 6.54. The Balaban J connectivity index is 1.51. The van der Waals surface area contributed by atoms with Crippen molar-refractivity contribution in [3.63, 3.8) is 0 Å². The number of ketones is 1. The minimum Gasteiger partial charge on any atom is -0.458 e. The van der Waals surface area contributed by atoms with Crippen LogP contribution in [0.5, 0.6) is 0 Å². The molecule has 3 fully saturated rings. The van der Waals surface area contributed by atoms with Crippen molar-refractivity contribution in [3.05, 3.63) is 16.6 Å². The van der Waals surface area contributed by atoms with Crippen LogP contribution in [0, 0.1) is 11.3 Å². The molecule has 5 unspecified atom stereocenters. The van der Waals surface area contributed by atoms with Gasteiger partial charge in [-0.05, 0) is 62.9 Å². The maximum Gasteiger partial charge on any atom is 0.306 e. The topological polar surface area (TPSA) is 79.5 Å². The molecule has 3 heterocycles. The van der Waals surface area contributed by atoms with Gasteiger partial charge in [0.1, 0.15) is 16.2 Å². The number of aromatic nitrogens is 1. The highest BCUT2D eigenvalue weighted by Crippen LogP contribution is 2.42. The van der Waals surface area contributed by atoms with Crippen LogP contribution in [0.25, 0.3) is 6.08 Å². The number of aliphatic hydroxyl groups excluding tert-OH is 1. The molecule has 1 saturated carbocycles. The molecule has 5 atom stereocenters. The predicted molar refractivity (Wildman–Crippen MR) is 146 cm³/mol. The van der Waals surface area contributed by atoms with E-state index in [1.165, 1.54) is 12.8 Å². The molecule has 6 nitrogen and oxygen atoms in total. The van der Waals surface area contributed by atoms with Crippen LogP contribution in [0.2, 0.25) is 0 Å². The van der Waals surface area contributed by atoms with E-state index in [1.54, 1.807) is 23.1 Å². The highest BCUT2D eigenvalue weighted by Gasteiger charge is 2.49. The van der Waals surface area contributed by atoms with E-state index in [9.17, 15) is 14.7 Å². The lowest BCUT2D eigenvalue weighted by molar-refractivity contribution is -0.148. The molecule has 2 saturated heterocycles. The SMILES string of the molecule is CSc1nc(/C=C(\C)C2CC3C(CCCCC(O)CC(=O)C(C)(C)CCC(=O)O2)N3CC2CC2)cs1. The molecule has 1 aromatic rings. The third kappa shape index (κ3) is 7.65. The molecule has 1 N–H and O–H groups in total. The molecule has 3 aliphatic rings. The summed E-state index contributed by atoms with van der Waals surface area (Å²) in [6, 6.07) is 0.951. The zero-order valence-electron chi connectivity index (χ0n) is 22.2. The molecule has 8 heteroatoms. The van der Waals surface area contributed by atoms with Crippen molar-refractivity contribution < 1.29 is 19.4 Å². The van der Waals surface area contributed by atoms with Gasteiger partial charge in [-0.15, -0.1) is 11.3 Å². The molecular weight excluding hydrogens is 492 g/mol. The lowest BCUT2D eigenvalue weighted by Crippen LogP contribution is -2.30. The standard InChI is InChI=1S/C28H42N2O4S2/c1-18(13-20-17-36-27(29-20)35-4)24-15-23-22(30(23)16-19-9-10-19)8-6-5-7-21(31)14-25(32)28(2,3)12-11-26(33)34-24/h13,17,19,21-24,31H,5-12,14-16H2,1-4H3/b18-13+. The molecule has 1 aromatic heterocycles. The normalized spacial score (nSPS) is 32.6. The summed E-state index contributed by atoms with van der Waals surface area (Å²) in [5.41, 5.74) is 1.28. The molecule has 0 radical (unpaired) electrons. The molecule has 200 valence electrons. The third-order valence-corrected chi connectivity index (χ3v) is 9.96. The van der Waals surface area contributed by atoms with Crippen molar-refractivity contribution in [2.45, 2.75) is 114 Å². The van der Waals surface area contributed by atoms with Gasteiger partial charge < -0.3 is 9.84 Å². The number of rotatable bonds is 5. The summed E-state index contributed by atoms with van der Waals surface area (Å²) in [6.07, 6.45) is 11.2. The van der Waals surface area contributed by atoms with Gasteiger partial charge in [0, 0.05) is 48.7 Å². The first kappa shape index (κ1) is 27.8. The quantitative estimate of drug-likeness (QED) is 0.293. The summed E-state index contributed by atoms with van der Waals surface area (Å²) < 4.78 is 7.14.